The SMILES string of the molecule is Cc1ccc(F)c(Nc2cc(C(=O)O)c([N+](=O)[O-])cn2)c1. The number of pyridine rings is 1. The monoisotopic (exact) mass is 291 g/mol. The Morgan fingerprint density at radius 3 is 2.76 bits per heavy atom. The van der Waals surface area contributed by atoms with Crippen LogP contribution in [0.4, 0.5) is 21.6 Å². The number of nitrogens with one attached hydrogen (secondary N) is 1. The molecular formula is C13H10FN3O4. The number of carbonyl (C=O) groups is 1. The van der Waals surface area contributed by atoms with E-state index in [1.165, 1.54) is 12.1 Å². The van der Waals surface area contributed by atoms with E-state index in [-0.39, 0.29) is 11.5 Å². The van der Waals surface area contributed by atoms with Crippen LogP contribution in [-0.4, -0.2) is 21.0 Å². The summed E-state index contributed by atoms with van der Waals surface area (Å²) in [5.74, 6) is -2.00. The van der Waals surface area contributed by atoms with Crippen molar-refractivity contribution in [2.45, 2.75) is 6.92 Å². The predicted molar refractivity (Wildman–Crippen MR) is 72.3 cm³/mol. The number of carboxylic acids is 1. The Hall–Kier alpha value is -3.03. The molecular weight excluding hydrogens is 281 g/mol. The van der Waals surface area contributed by atoms with Crippen molar-refractivity contribution in [1.29, 1.82) is 0 Å². The molecule has 7 nitrogen and oxygen atoms in total. The maximum Gasteiger partial charge on any atom is 0.342 e. The minimum atomic E-state index is -1.46. The number of aryl methyl sites for hydroxylation is 1. The lowest BCUT2D eigenvalue weighted by molar-refractivity contribution is -0.385. The highest BCUT2D eigenvalue weighted by Crippen LogP contribution is 2.24. The summed E-state index contributed by atoms with van der Waals surface area (Å²) in [6.45, 7) is 1.76. The van der Waals surface area contributed by atoms with Gasteiger partial charge in [0.2, 0.25) is 0 Å². The number of halogens is 1. The van der Waals surface area contributed by atoms with E-state index in [1.807, 2.05) is 0 Å². The summed E-state index contributed by atoms with van der Waals surface area (Å²) < 4.78 is 13.6. The summed E-state index contributed by atoms with van der Waals surface area (Å²) >= 11 is 0. The first-order valence-corrected chi connectivity index (χ1v) is 5.79. The second kappa shape index (κ2) is 5.53. The lowest BCUT2D eigenvalue weighted by Crippen LogP contribution is -2.05. The van der Waals surface area contributed by atoms with Crippen LogP contribution in [-0.2, 0) is 0 Å². The molecule has 0 radical (unpaired) electrons. The maximum absolute atomic E-state index is 13.6. The molecule has 2 rings (SSSR count). The van der Waals surface area contributed by atoms with Gasteiger partial charge in [0.25, 0.3) is 0 Å². The van der Waals surface area contributed by atoms with Crippen LogP contribution in [0.5, 0.6) is 0 Å². The van der Waals surface area contributed by atoms with E-state index in [2.05, 4.69) is 10.3 Å². The molecule has 21 heavy (non-hydrogen) atoms. The van der Waals surface area contributed by atoms with Gasteiger partial charge in [-0.15, -0.1) is 0 Å². The van der Waals surface area contributed by atoms with E-state index in [1.54, 1.807) is 13.0 Å². The van der Waals surface area contributed by atoms with E-state index in [4.69, 9.17) is 5.11 Å². The molecule has 0 spiro atoms. The predicted octanol–water partition coefficient (Wildman–Crippen LogP) is 2.88. The average molecular weight is 291 g/mol. The smallest absolute Gasteiger partial charge is 0.342 e. The van der Waals surface area contributed by atoms with Crippen molar-refractivity contribution in [3.63, 3.8) is 0 Å². The lowest BCUT2D eigenvalue weighted by atomic mass is 10.2. The van der Waals surface area contributed by atoms with Crippen molar-refractivity contribution in [3.05, 3.63) is 57.5 Å². The fraction of sp³-hybridized carbons (Fsp3) is 0.0769. The number of benzene rings is 1. The van der Waals surface area contributed by atoms with Crippen LogP contribution in [0.2, 0.25) is 0 Å². The number of hydrogen-bond acceptors (Lipinski definition) is 5. The number of hydrogen-bond donors (Lipinski definition) is 2. The first-order valence-electron chi connectivity index (χ1n) is 5.79. The molecule has 0 aliphatic rings. The van der Waals surface area contributed by atoms with Crippen molar-refractivity contribution in [3.8, 4) is 0 Å². The fourth-order valence-corrected chi connectivity index (χ4v) is 1.71. The minimum Gasteiger partial charge on any atom is -0.477 e. The third kappa shape index (κ3) is 3.11. The molecule has 0 saturated heterocycles. The average Bonchev–Trinajstić information content (AvgIpc) is 2.42. The van der Waals surface area contributed by atoms with Crippen LogP contribution in [0, 0.1) is 22.9 Å². The lowest BCUT2D eigenvalue weighted by Gasteiger charge is -2.08. The van der Waals surface area contributed by atoms with Crippen molar-refractivity contribution in [2.24, 2.45) is 0 Å². The first-order chi connectivity index (χ1) is 9.88. The first kappa shape index (κ1) is 14.4. The summed E-state index contributed by atoms with van der Waals surface area (Å²) in [5, 5.41) is 22.3. The number of aromatic carboxylic acids is 1. The van der Waals surface area contributed by atoms with Crippen LogP contribution < -0.4 is 5.32 Å². The Kier molecular flexibility index (Phi) is 3.79. The van der Waals surface area contributed by atoms with E-state index >= 15 is 0 Å². The second-order valence-corrected chi connectivity index (χ2v) is 4.26. The molecule has 108 valence electrons. The third-order valence-corrected chi connectivity index (χ3v) is 2.69. The van der Waals surface area contributed by atoms with E-state index in [9.17, 15) is 19.3 Å². The van der Waals surface area contributed by atoms with Crippen LogP contribution in [0.1, 0.15) is 15.9 Å². The maximum atomic E-state index is 13.6. The highest BCUT2D eigenvalue weighted by Gasteiger charge is 2.21. The number of nitrogens with zero attached hydrogens (tertiary/aromatic N) is 2. The van der Waals surface area contributed by atoms with Gasteiger partial charge in [0, 0.05) is 6.07 Å². The number of nitro groups is 1. The molecule has 2 N–H and O–H groups in total. The zero-order chi connectivity index (χ0) is 15.6. The van der Waals surface area contributed by atoms with Crippen molar-refractivity contribution in [2.75, 3.05) is 5.32 Å². The van der Waals surface area contributed by atoms with Gasteiger partial charge in [-0.05, 0) is 24.6 Å². The van der Waals surface area contributed by atoms with Gasteiger partial charge in [0.15, 0.2) is 0 Å². The summed E-state index contributed by atoms with van der Waals surface area (Å²) in [5.41, 5.74) is -0.254. The molecule has 0 amide bonds. The van der Waals surface area contributed by atoms with Crippen LogP contribution >= 0.6 is 0 Å². The molecule has 1 aromatic heterocycles. The number of carboxylic acid groups (broad SMARTS) is 1. The van der Waals surface area contributed by atoms with Gasteiger partial charge in [0.1, 0.15) is 23.4 Å². The Bertz CT molecular complexity index is 733. The molecule has 0 bridgehead atoms. The molecule has 0 atom stereocenters. The van der Waals surface area contributed by atoms with Gasteiger partial charge in [-0.3, -0.25) is 10.1 Å². The topological polar surface area (TPSA) is 105 Å². The molecule has 0 fully saturated rings. The normalized spacial score (nSPS) is 10.2. The second-order valence-electron chi connectivity index (χ2n) is 4.26. The van der Waals surface area contributed by atoms with Gasteiger partial charge in [0.05, 0.1) is 10.6 Å². The van der Waals surface area contributed by atoms with Crippen LogP contribution in [0.25, 0.3) is 0 Å². The van der Waals surface area contributed by atoms with E-state index in [0.29, 0.717) is 0 Å². The number of anilines is 2. The molecule has 0 unspecified atom stereocenters. The molecule has 1 heterocycles. The number of rotatable bonds is 4. The standard InChI is InChI=1S/C13H10FN3O4/c1-7-2-3-9(14)10(4-7)16-12-5-8(13(18)19)11(6-15-12)17(20)21/h2-6H,1H3,(H,15,16)(H,18,19). The molecule has 1 aromatic carbocycles. The summed E-state index contributed by atoms with van der Waals surface area (Å²) in [6, 6.07) is 5.33. The molecule has 0 aliphatic heterocycles. The van der Waals surface area contributed by atoms with Crippen molar-refractivity contribution < 1.29 is 19.2 Å². The quantitative estimate of drug-likeness (QED) is 0.662. The van der Waals surface area contributed by atoms with Crippen LogP contribution in [0.15, 0.2) is 30.5 Å². The van der Waals surface area contributed by atoms with E-state index in [0.717, 1.165) is 17.8 Å². The molecule has 0 aliphatic carbocycles. The summed E-state index contributed by atoms with van der Waals surface area (Å²) in [4.78, 5) is 24.6. The Balaban J connectivity index is 2.41. The van der Waals surface area contributed by atoms with Gasteiger partial charge in [-0.2, -0.15) is 0 Å². The van der Waals surface area contributed by atoms with Crippen molar-refractivity contribution in [1.82, 2.24) is 4.98 Å². The van der Waals surface area contributed by atoms with E-state index < -0.39 is 28.0 Å². The van der Waals surface area contributed by atoms with Gasteiger partial charge < -0.3 is 10.4 Å². The Morgan fingerprint density at radius 2 is 2.14 bits per heavy atom. The zero-order valence-corrected chi connectivity index (χ0v) is 10.8. The van der Waals surface area contributed by atoms with Gasteiger partial charge in [-0.1, -0.05) is 6.07 Å². The highest BCUT2D eigenvalue weighted by atomic mass is 19.1. The highest BCUT2D eigenvalue weighted by molar-refractivity contribution is 5.93. The number of aromatic nitrogens is 1. The minimum absolute atomic E-state index is 0.00231. The van der Waals surface area contributed by atoms with Gasteiger partial charge in [-0.25, -0.2) is 14.2 Å². The molecule has 2 aromatic rings. The summed E-state index contributed by atoms with van der Waals surface area (Å²) in [6.07, 6.45) is 0.819. The molecule has 0 saturated carbocycles. The fourth-order valence-electron chi connectivity index (χ4n) is 1.71. The van der Waals surface area contributed by atoms with Gasteiger partial charge >= 0.3 is 11.7 Å². The Labute approximate surface area is 118 Å². The largest absolute Gasteiger partial charge is 0.477 e. The van der Waals surface area contributed by atoms with Crippen LogP contribution in [0.3, 0.4) is 0 Å². The summed E-state index contributed by atoms with van der Waals surface area (Å²) in [7, 11) is 0. The Morgan fingerprint density at radius 1 is 1.43 bits per heavy atom. The molecule has 8 heteroatoms. The van der Waals surface area contributed by atoms with Crippen molar-refractivity contribution >= 4 is 23.2 Å². The zero-order valence-electron chi connectivity index (χ0n) is 10.8. The third-order valence-electron chi connectivity index (χ3n) is 2.69.